The molecule has 0 aliphatic heterocycles. The van der Waals surface area contributed by atoms with E-state index in [2.05, 4.69) is 5.32 Å². The fourth-order valence-electron chi connectivity index (χ4n) is 2.24. The van der Waals surface area contributed by atoms with Crippen LogP contribution in [0, 0.1) is 13.8 Å². The number of nitrogens with zero attached hydrogens (tertiary/aromatic N) is 1. The van der Waals surface area contributed by atoms with Crippen LogP contribution in [-0.2, 0) is 21.2 Å². The molecule has 1 aromatic carbocycles. The fourth-order valence-corrected chi connectivity index (χ4v) is 3.10. The number of aryl methyl sites for hydroxylation is 2. The van der Waals surface area contributed by atoms with Crippen molar-refractivity contribution in [2.75, 3.05) is 23.7 Å². The van der Waals surface area contributed by atoms with Gasteiger partial charge in [-0.3, -0.25) is 9.10 Å². The number of rotatable bonds is 7. The summed E-state index contributed by atoms with van der Waals surface area (Å²) < 4.78 is 30.5. The zero-order chi connectivity index (χ0) is 17.7. The van der Waals surface area contributed by atoms with Crippen LogP contribution in [0.2, 0.25) is 0 Å². The summed E-state index contributed by atoms with van der Waals surface area (Å²) in [4.78, 5) is 12.1. The second-order valence-corrected chi connectivity index (χ2v) is 7.62. The number of nitrogens with one attached hydrogen (secondary N) is 1. The Morgan fingerprint density at radius 2 is 1.79 bits per heavy atom. The van der Waals surface area contributed by atoms with Crippen molar-refractivity contribution in [1.29, 1.82) is 0 Å². The molecule has 0 atom stereocenters. The van der Waals surface area contributed by atoms with Crippen LogP contribution in [0.4, 0.5) is 5.69 Å². The van der Waals surface area contributed by atoms with E-state index < -0.39 is 10.0 Å². The Morgan fingerprint density at radius 1 is 1.12 bits per heavy atom. The monoisotopic (exact) mass is 350 g/mol. The van der Waals surface area contributed by atoms with Crippen molar-refractivity contribution >= 4 is 21.6 Å². The van der Waals surface area contributed by atoms with Crippen LogP contribution in [0.25, 0.3) is 0 Å². The normalized spacial score (nSPS) is 11.3. The molecule has 1 heterocycles. The summed E-state index contributed by atoms with van der Waals surface area (Å²) in [5, 5.41) is 2.72. The summed E-state index contributed by atoms with van der Waals surface area (Å²) in [7, 11) is -3.55. The molecular weight excluding hydrogens is 328 g/mol. The zero-order valence-electron chi connectivity index (χ0n) is 14.1. The molecule has 0 saturated heterocycles. The van der Waals surface area contributed by atoms with E-state index in [0.29, 0.717) is 18.7 Å². The van der Waals surface area contributed by atoms with Gasteiger partial charge in [-0.2, -0.15) is 0 Å². The molecule has 0 saturated carbocycles. The van der Waals surface area contributed by atoms with E-state index in [9.17, 15) is 13.2 Å². The Bertz CT molecular complexity index is 794. The highest BCUT2D eigenvalue weighted by Gasteiger charge is 2.20. The van der Waals surface area contributed by atoms with Crippen LogP contribution in [0.3, 0.4) is 0 Å². The molecule has 0 spiro atoms. The number of anilines is 1. The van der Waals surface area contributed by atoms with Gasteiger partial charge in [0.2, 0.25) is 15.9 Å². The number of sulfonamides is 1. The SMILES string of the molecule is Cc1ccc(N(CC(=O)NCCc2ccc(C)o2)S(C)(=O)=O)cc1. The van der Waals surface area contributed by atoms with Gasteiger partial charge in [-0.15, -0.1) is 0 Å². The van der Waals surface area contributed by atoms with Crippen molar-refractivity contribution in [1.82, 2.24) is 5.32 Å². The first kappa shape index (κ1) is 18.1. The Hall–Kier alpha value is -2.28. The third kappa shape index (κ3) is 5.13. The van der Waals surface area contributed by atoms with E-state index in [1.165, 1.54) is 0 Å². The van der Waals surface area contributed by atoms with Gasteiger partial charge < -0.3 is 9.73 Å². The molecule has 2 aromatic rings. The summed E-state index contributed by atoms with van der Waals surface area (Å²) in [6, 6.07) is 10.7. The average Bonchev–Trinajstić information content (AvgIpc) is 2.90. The summed E-state index contributed by atoms with van der Waals surface area (Å²) in [6.07, 6.45) is 1.65. The van der Waals surface area contributed by atoms with Gasteiger partial charge >= 0.3 is 0 Å². The minimum Gasteiger partial charge on any atom is -0.466 e. The van der Waals surface area contributed by atoms with Crippen molar-refractivity contribution in [2.45, 2.75) is 20.3 Å². The van der Waals surface area contributed by atoms with Gasteiger partial charge in [-0.05, 0) is 38.1 Å². The van der Waals surface area contributed by atoms with E-state index in [4.69, 9.17) is 4.42 Å². The maximum absolute atomic E-state index is 12.1. The third-order valence-corrected chi connectivity index (χ3v) is 4.64. The summed E-state index contributed by atoms with van der Waals surface area (Å²) in [6.45, 7) is 3.90. The molecule has 0 aliphatic carbocycles. The Balaban J connectivity index is 1.96. The predicted molar refractivity (Wildman–Crippen MR) is 93.5 cm³/mol. The number of carbonyl (C=O) groups is 1. The molecule has 0 aliphatic rings. The molecule has 0 unspecified atom stereocenters. The van der Waals surface area contributed by atoms with Crippen LogP contribution < -0.4 is 9.62 Å². The van der Waals surface area contributed by atoms with Crippen LogP contribution in [0.15, 0.2) is 40.8 Å². The molecule has 130 valence electrons. The van der Waals surface area contributed by atoms with Gasteiger partial charge in [0.05, 0.1) is 11.9 Å². The van der Waals surface area contributed by atoms with Crippen molar-refractivity contribution in [3.8, 4) is 0 Å². The fraction of sp³-hybridized carbons (Fsp3) is 0.353. The highest BCUT2D eigenvalue weighted by Crippen LogP contribution is 2.17. The minimum atomic E-state index is -3.55. The Labute approximate surface area is 142 Å². The maximum Gasteiger partial charge on any atom is 0.240 e. The number of furan rings is 1. The first-order valence-electron chi connectivity index (χ1n) is 7.62. The summed E-state index contributed by atoms with van der Waals surface area (Å²) >= 11 is 0. The Kier molecular flexibility index (Phi) is 5.66. The second kappa shape index (κ2) is 7.53. The first-order valence-corrected chi connectivity index (χ1v) is 9.47. The van der Waals surface area contributed by atoms with E-state index in [-0.39, 0.29) is 12.5 Å². The van der Waals surface area contributed by atoms with Gasteiger partial charge in [0.1, 0.15) is 18.1 Å². The minimum absolute atomic E-state index is 0.251. The lowest BCUT2D eigenvalue weighted by atomic mass is 10.2. The standard InChI is InChI=1S/C17H22N2O4S/c1-13-4-7-15(8-5-13)19(24(3,21)22)12-17(20)18-11-10-16-9-6-14(2)23-16/h4-9H,10-12H2,1-3H3,(H,18,20). The molecule has 24 heavy (non-hydrogen) atoms. The largest absolute Gasteiger partial charge is 0.466 e. The van der Waals surface area contributed by atoms with Crippen LogP contribution in [0.5, 0.6) is 0 Å². The first-order chi connectivity index (χ1) is 11.3. The van der Waals surface area contributed by atoms with E-state index in [0.717, 1.165) is 27.6 Å². The van der Waals surface area contributed by atoms with Crippen molar-refractivity contribution < 1.29 is 17.6 Å². The molecule has 0 radical (unpaired) electrons. The lowest BCUT2D eigenvalue weighted by molar-refractivity contribution is -0.119. The topological polar surface area (TPSA) is 79.6 Å². The van der Waals surface area contributed by atoms with Crippen LogP contribution in [0.1, 0.15) is 17.1 Å². The highest BCUT2D eigenvalue weighted by molar-refractivity contribution is 7.92. The van der Waals surface area contributed by atoms with Crippen LogP contribution in [-0.4, -0.2) is 33.7 Å². The zero-order valence-corrected chi connectivity index (χ0v) is 14.9. The second-order valence-electron chi connectivity index (χ2n) is 5.72. The molecular formula is C17H22N2O4S. The summed E-state index contributed by atoms with van der Waals surface area (Å²) in [5.41, 5.74) is 1.49. The lowest BCUT2D eigenvalue weighted by Crippen LogP contribution is -2.40. The smallest absolute Gasteiger partial charge is 0.240 e. The van der Waals surface area contributed by atoms with Crippen molar-refractivity contribution in [3.05, 3.63) is 53.5 Å². The van der Waals surface area contributed by atoms with E-state index in [1.54, 1.807) is 12.1 Å². The lowest BCUT2D eigenvalue weighted by Gasteiger charge is -2.22. The number of hydrogen-bond donors (Lipinski definition) is 1. The molecule has 0 bridgehead atoms. The van der Waals surface area contributed by atoms with Crippen molar-refractivity contribution in [3.63, 3.8) is 0 Å². The summed E-state index contributed by atoms with van der Waals surface area (Å²) in [5.74, 6) is 1.24. The van der Waals surface area contributed by atoms with Gasteiger partial charge in [0.25, 0.3) is 0 Å². The molecule has 2 rings (SSSR count). The van der Waals surface area contributed by atoms with Crippen LogP contribution >= 0.6 is 0 Å². The molecule has 1 amide bonds. The quantitative estimate of drug-likeness (QED) is 0.828. The predicted octanol–water partition coefficient (Wildman–Crippen LogP) is 2.02. The number of carbonyl (C=O) groups excluding carboxylic acids is 1. The van der Waals surface area contributed by atoms with Gasteiger partial charge in [0, 0.05) is 13.0 Å². The molecule has 6 nitrogen and oxygen atoms in total. The van der Waals surface area contributed by atoms with Crippen molar-refractivity contribution in [2.24, 2.45) is 0 Å². The van der Waals surface area contributed by atoms with Gasteiger partial charge in [-0.25, -0.2) is 8.42 Å². The molecule has 1 N–H and O–H groups in total. The molecule has 7 heteroatoms. The number of hydrogen-bond acceptors (Lipinski definition) is 4. The third-order valence-electron chi connectivity index (χ3n) is 3.50. The molecule has 0 fully saturated rings. The number of amides is 1. The van der Waals surface area contributed by atoms with Gasteiger partial charge in [-0.1, -0.05) is 17.7 Å². The average molecular weight is 350 g/mol. The number of benzene rings is 1. The highest BCUT2D eigenvalue weighted by atomic mass is 32.2. The van der Waals surface area contributed by atoms with E-state index >= 15 is 0 Å². The maximum atomic E-state index is 12.1. The molecule has 1 aromatic heterocycles. The Morgan fingerprint density at radius 3 is 2.33 bits per heavy atom. The van der Waals surface area contributed by atoms with E-state index in [1.807, 2.05) is 38.1 Å². The van der Waals surface area contributed by atoms with Gasteiger partial charge in [0.15, 0.2) is 0 Å².